The van der Waals surface area contributed by atoms with Gasteiger partial charge >= 0.3 is 0 Å². The first-order valence-electron chi connectivity index (χ1n) is 8.45. The summed E-state index contributed by atoms with van der Waals surface area (Å²) in [6.07, 6.45) is 0.993. The van der Waals surface area contributed by atoms with Gasteiger partial charge in [-0.05, 0) is 42.7 Å². The number of rotatable bonds is 6. The van der Waals surface area contributed by atoms with Crippen molar-refractivity contribution >= 4 is 46.4 Å². The molecule has 2 amide bonds. The molecule has 0 spiro atoms. The second-order valence-electron chi connectivity index (χ2n) is 6.03. The summed E-state index contributed by atoms with van der Waals surface area (Å²) in [5.41, 5.74) is 3.49. The molecule has 0 heterocycles. The van der Waals surface area contributed by atoms with E-state index in [0.717, 1.165) is 23.2 Å². The number of amides is 2. The number of para-hydroxylation sites is 1. The molecule has 0 saturated carbocycles. The van der Waals surface area contributed by atoms with E-state index in [4.69, 9.17) is 23.2 Å². The number of nitrogens with one attached hydrogen (secondary N) is 1. The SMILES string of the molecule is CCc1cccc(C)c1NC(=O)CCN(C(C)=O)c1ccc(Cl)cc1Cl. The summed E-state index contributed by atoms with van der Waals surface area (Å²) < 4.78 is 0. The first-order chi connectivity index (χ1) is 12.3. The molecular weight excluding hydrogens is 371 g/mol. The Morgan fingerprint density at radius 1 is 1.15 bits per heavy atom. The third-order valence-electron chi connectivity index (χ3n) is 4.15. The molecule has 2 aromatic rings. The lowest BCUT2D eigenvalue weighted by Crippen LogP contribution is -2.32. The largest absolute Gasteiger partial charge is 0.326 e. The van der Waals surface area contributed by atoms with Gasteiger partial charge in [-0.15, -0.1) is 0 Å². The number of nitrogens with zero attached hydrogens (tertiary/aromatic N) is 1. The predicted molar refractivity (Wildman–Crippen MR) is 108 cm³/mol. The van der Waals surface area contributed by atoms with Crippen LogP contribution in [0.5, 0.6) is 0 Å². The molecule has 0 aromatic heterocycles. The molecular formula is C20H22Cl2N2O2. The van der Waals surface area contributed by atoms with E-state index in [9.17, 15) is 9.59 Å². The highest BCUT2D eigenvalue weighted by Gasteiger charge is 2.17. The molecule has 138 valence electrons. The fourth-order valence-corrected chi connectivity index (χ4v) is 3.28. The van der Waals surface area contributed by atoms with Crippen LogP contribution >= 0.6 is 23.2 Å². The highest BCUT2D eigenvalue weighted by molar-refractivity contribution is 6.36. The Morgan fingerprint density at radius 3 is 2.50 bits per heavy atom. The summed E-state index contributed by atoms with van der Waals surface area (Å²) in [5, 5.41) is 3.84. The van der Waals surface area contributed by atoms with Crippen LogP contribution < -0.4 is 10.2 Å². The molecule has 6 heteroatoms. The molecule has 0 aliphatic rings. The Morgan fingerprint density at radius 2 is 1.88 bits per heavy atom. The fraction of sp³-hybridized carbons (Fsp3) is 0.300. The molecule has 0 radical (unpaired) electrons. The molecule has 0 aliphatic heterocycles. The fourth-order valence-electron chi connectivity index (χ4n) is 2.76. The predicted octanol–water partition coefficient (Wildman–Crippen LogP) is 5.25. The van der Waals surface area contributed by atoms with Crippen molar-refractivity contribution in [3.05, 3.63) is 57.6 Å². The zero-order valence-corrected chi connectivity index (χ0v) is 16.6. The van der Waals surface area contributed by atoms with E-state index in [-0.39, 0.29) is 24.8 Å². The maximum Gasteiger partial charge on any atom is 0.226 e. The van der Waals surface area contributed by atoms with Gasteiger partial charge < -0.3 is 10.2 Å². The van der Waals surface area contributed by atoms with Crippen molar-refractivity contribution in [2.24, 2.45) is 0 Å². The number of hydrogen-bond acceptors (Lipinski definition) is 2. The third-order valence-corrected chi connectivity index (χ3v) is 4.69. The minimum absolute atomic E-state index is 0.148. The number of aryl methyl sites for hydroxylation is 2. The van der Waals surface area contributed by atoms with Gasteiger partial charge in [0.05, 0.1) is 10.7 Å². The van der Waals surface area contributed by atoms with Gasteiger partial charge in [0.2, 0.25) is 11.8 Å². The Kier molecular flexibility index (Phi) is 7.06. The van der Waals surface area contributed by atoms with Gasteiger partial charge in [-0.3, -0.25) is 9.59 Å². The van der Waals surface area contributed by atoms with Crippen molar-refractivity contribution < 1.29 is 9.59 Å². The highest BCUT2D eigenvalue weighted by atomic mass is 35.5. The molecule has 4 nitrogen and oxygen atoms in total. The summed E-state index contributed by atoms with van der Waals surface area (Å²) in [4.78, 5) is 25.9. The Labute approximate surface area is 164 Å². The highest BCUT2D eigenvalue weighted by Crippen LogP contribution is 2.29. The van der Waals surface area contributed by atoms with Gasteiger partial charge in [0.1, 0.15) is 0 Å². The van der Waals surface area contributed by atoms with Crippen LogP contribution in [0.3, 0.4) is 0 Å². The zero-order valence-electron chi connectivity index (χ0n) is 15.1. The van der Waals surface area contributed by atoms with Crippen molar-refractivity contribution in [3.8, 4) is 0 Å². The molecule has 2 aromatic carbocycles. The van der Waals surface area contributed by atoms with Crippen LogP contribution in [0.4, 0.5) is 11.4 Å². The minimum Gasteiger partial charge on any atom is -0.326 e. The second kappa shape index (κ2) is 9.06. The van der Waals surface area contributed by atoms with Crippen LogP contribution in [-0.2, 0) is 16.0 Å². The standard InChI is InChI=1S/C20H22Cl2N2O2/c1-4-15-7-5-6-13(2)20(15)23-19(26)10-11-24(14(3)25)18-9-8-16(21)12-17(18)22/h5-9,12H,4,10-11H2,1-3H3,(H,23,26). The van der Waals surface area contributed by atoms with E-state index in [1.807, 2.05) is 32.0 Å². The van der Waals surface area contributed by atoms with Gasteiger partial charge in [0.15, 0.2) is 0 Å². The normalized spacial score (nSPS) is 10.5. The quantitative estimate of drug-likeness (QED) is 0.729. The maximum absolute atomic E-state index is 12.4. The lowest BCUT2D eigenvalue weighted by atomic mass is 10.1. The smallest absolute Gasteiger partial charge is 0.226 e. The van der Waals surface area contributed by atoms with Crippen LogP contribution in [0.1, 0.15) is 31.4 Å². The van der Waals surface area contributed by atoms with E-state index in [1.165, 1.54) is 11.8 Å². The first-order valence-corrected chi connectivity index (χ1v) is 9.20. The molecule has 26 heavy (non-hydrogen) atoms. The first kappa shape index (κ1) is 20.3. The Balaban J connectivity index is 2.10. The zero-order chi connectivity index (χ0) is 19.3. The molecule has 1 N–H and O–H groups in total. The summed E-state index contributed by atoms with van der Waals surface area (Å²) in [6.45, 7) is 5.68. The van der Waals surface area contributed by atoms with E-state index < -0.39 is 0 Å². The van der Waals surface area contributed by atoms with Crippen LogP contribution in [-0.4, -0.2) is 18.4 Å². The molecule has 0 bridgehead atoms. The van der Waals surface area contributed by atoms with E-state index in [2.05, 4.69) is 5.32 Å². The summed E-state index contributed by atoms with van der Waals surface area (Å²) in [7, 11) is 0. The summed E-state index contributed by atoms with van der Waals surface area (Å²) in [6, 6.07) is 10.9. The van der Waals surface area contributed by atoms with Crippen molar-refractivity contribution in [2.45, 2.75) is 33.6 Å². The van der Waals surface area contributed by atoms with Crippen LogP contribution in [0.25, 0.3) is 0 Å². The second-order valence-corrected chi connectivity index (χ2v) is 6.87. The number of halogens is 2. The van der Waals surface area contributed by atoms with Gasteiger partial charge in [0, 0.05) is 30.6 Å². The third kappa shape index (κ3) is 4.99. The molecule has 2 rings (SSSR count). The van der Waals surface area contributed by atoms with Crippen LogP contribution in [0.2, 0.25) is 10.0 Å². The van der Waals surface area contributed by atoms with Crippen molar-refractivity contribution in [3.63, 3.8) is 0 Å². The lowest BCUT2D eigenvalue weighted by molar-refractivity contribution is -0.117. The topological polar surface area (TPSA) is 49.4 Å². The van der Waals surface area contributed by atoms with Gasteiger partial charge in [-0.2, -0.15) is 0 Å². The molecule has 0 aliphatic carbocycles. The van der Waals surface area contributed by atoms with Crippen LogP contribution in [0, 0.1) is 6.92 Å². The number of carbonyl (C=O) groups excluding carboxylic acids is 2. The Bertz CT molecular complexity index is 821. The Hall–Kier alpha value is -2.04. The minimum atomic E-state index is -0.188. The van der Waals surface area contributed by atoms with Crippen molar-refractivity contribution in [1.29, 1.82) is 0 Å². The molecule has 0 saturated heterocycles. The van der Waals surface area contributed by atoms with E-state index >= 15 is 0 Å². The van der Waals surface area contributed by atoms with Crippen LogP contribution in [0.15, 0.2) is 36.4 Å². The number of anilines is 2. The van der Waals surface area contributed by atoms with Gasteiger partial charge in [0.25, 0.3) is 0 Å². The summed E-state index contributed by atoms with van der Waals surface area (Å²) >= 11 is 12.1. The number of carbonyl (C=O) groups is 2. The van der Waals surface area contributed by atoms with Crippen molar-refractivity contribution in [1.82, 2.24) is 0 Å². The van der Waals surface area contributed by atoms with Gasteiger partial charge in [-0.25, -0.2) is 0 Å². The van der Waals surface area contributed by atoms with E-state index in [0.29, 0.717) is 15.7 Å². The average molecular weight is 393 g/mol. The number of benzene rings is 2. The molecule has 0 fully saturated rings. The molecule has 0 atom stereocenters. The maximum atomic E-state index is 12.4. The molecule has 0 unspecified atom stereocenters. The average Bonchev–Trinajstić information content (AvgIpc) is 2.58. The van der Waals surface area contributed by atoms with Crippen molar-refractivity contribution in [2.75, 3.05) is 16.8 Å². The van der Waals surface area contributed by atoms with E-state index in [1.54, 1.807) is 18.2 Å². The van der Waals surface area contributed by atoms with Gasteiger partial charge in [-0.1, -0.05) is 48.3 Å². The number of hydrogen-bond donors (Lipinski definition) is 1. The summed E-state index contributed by atoms with van der Waals surface area (Å²) in [5.74, 6) is -0.336. The monoisotopic (exact) mass is 392 g/mol. The lowest BCUT2D eigenvalue weighted by Gasteiger charge is -2.22.